The second-order valence-corrected chi connectivity index (χ2v) is 3.91. The molecule has 1 heterocycles. The third-order valence-corrected chi connectivity index (χ3v) is 2.86. The van der Waals surface area contributed by atoms with Gasteiger partial charge in [-0.05, 0) is 13.8 Å². The van der Waals surface area contributed by atoms with Crippen molar-refractivity contribution in [3.8, 4) is 0 Å². The van der Waals surface area contributed by atoms with Crippen LogP contribution in [0.1, 0.15) is 17.5 Å². The molecule has 0 fully saturated rings. The number of hydrogen-bond donors (Lipinski definition) is 0. The third kappa shape index (κ3) is 4.40. The Kier molecular flexibility index (Phi) is 5.28. The number of aromatic nitrogens is 1. The number of rotatable bonds is 6. The van der Waals surface area contributed by atoms with E-state index in [9.17, 15) is 4.79 Å². The first-order chi connectivity index (χ1) is 7.24. The molecule has 1 aromatic heterocycles. The third-order valence-electron chi connectivity index (χ3n) is 1.86. The van der Waals surface area contributed by atoms with Gasteiger partial charge in [0.2, 0.25) is 0 Å². The molecule has 0 radical (unpaired) electrons. The Hall–Kier alpha value is -0.940. The van der Waals surface area contributed by atoms with Crippen molar-refractivity contribution < 1.29 is 14.3 Å². The molecular formula is C10H15NO3S. The van der Waals surface area contributed by atoms with E-state index in [2.05, 4.69) is 4.98 Å². The van der Waals surface area contributed by atoms with Crippen LogP contribution in [0.5, 0.6) is 0 Å². The fraction of sp³-hybridized carbons (Fsp3) is 0.600. The van der Waals surface area contributed by atoms with Crippen molar-refractivity contribution in [1.82, 2.24) is 4.98 Å². The fourth-order valence-electron chi connectivity index (χ4n) is 1.05. The predicted molar refractivity (Wildman–Crippen MR) is 58.0 cm³/mol. The van der Waals surface area contributed by atoms with E-state index in [4.69, 9.17) is 9.47 Å². The maximum absolute atomic E-state index is 11.1. The van der Waals surface area contributed by atoms with Crippen LogP contribution in [0.2, 0.25) is 0 Å². The number of carbonyl (C=O) groups excluding carboxylic acids is 1. The van der Waals surface area contributed by atoms with Crippen molar-refractivity contribution >= 4 is 17.3 Å². The molecule has 0 N–H and O–H groups in total. The van der Waals surface area contributed by atoms with Crippen molar-refractivity contribution in [3.05, 3.63) is 16.1 Å². The Balaban J connectivity index is 2.16. The average molecular weight is 229 g/mol. The van der Waals surface area contributed by atoms with Crippen molar-refractivity contribution in [2.75, 3.05) is 19.8 Å². The van der Waals surface area contributed by atoms with Crippen LogP contribution in [-0.2, 0) is 20.7 Å². The summed E-state index contributed by atoms with van der Waals surface area (Å²) in [6.07, 6.45) is 0.731. The summed E-state index contributed by atoms with van der Waals surface area (Å²) >= 11 is 1.59. The van der Waals surface area contributed by atoms with Gasteiger partial charge in [0.1, 0.15) is 6.61 Å². The Morgan fingerprint density at radius 1 is 1.60 bits per heavy atom. The zero-order valence-electron chi connectivity index (χ0n) is 8.99. The zero-order valence-corrected chi connectivity index (χ0v) is 9.80. The van der Waals surface area contributed by atoms with E-state index in [0.29, 0.717) is 13.2 Å². The second kappa shape index (κ2) is 6.53. The number of hydrogen-bond acceptors (Lipinski definition) is 5. The van der Waals surface area contributed by atoms with Crippen LogP contribution >= 0.6 is 11.3 Å². The van der Waals surface area contributed by atoms with Crippen LogP contribution in [0.25, 0.3) is 0 Å². The van der Waals surface area contributed by atoms with Gasteiger partial charge in [-0.15, -0.1) is 11.3 Å². The van der Waals surface area contributed by atoms with Gasteiger partial charge in [0, 0.05) is 17.9 Å². The molecule has 0 saturated heterocycles. The van der Waals surface area contributed by atoms with Gasteiger partial charge in [-0.3, -0.25) is 0 Å². The lowest BCUT2D eigenvalue weighted by molar-refractivity contribution is -0.148. The van der Waals surface area contributed by atoms with E-state index in [0.717, 1.165) is 12.1 Å². The van der Waals surface area contributed by atoms with E-state index in [-0.39, 0.29) is 12.6 Å². The molecule has 0 atom stereocenters. The molecule has 84 valence electrons. The topological polar surface area (TPSA) is 48.4 Å². The van der Waals surface area contributed by atoms with Crippen LogP contribution in [0.4, 0.5) is 0 Å². The molecule has 5 heteroatoms. The summed E-state index contributed by atoms with van der Waals surface area (Å²) in [5.74, 6) is -0.306. The van der Waals surface area contributed by atoms with Crippen LogP contribution < -0.4 is 0 Å². The minimum absolute atomic E-state index is 0.0399. The fourth-order valence-corrected chi connectivity index (χ4v) is 1.81. The lowest BCUT2D eigenvalue weighted by Crippen LogP contribution is -2.14. The molecule has 1 rings (SSSR count). The molecule has 0 amide bonds. The highest BCUT2D eigenvalue weighted by atomic mass is 32.1. The summed E-state index contributed by atoms with van der Waals surface area (Å²) in [6, 6.07) is 0. The van der Waals surface area contributed by atoms with Gasteiger partial charge in [0.25, 0.3) is 0 Å². The summed E-state index contributed by atoms with van der Waals surface area (Å²) in [6.45, 7) is 4.76. The summed E-state index contributed by atoms with van der Waals surface area (Å²) in [5, 5.41) is 0. The lowest BCUT2D eigenvalue weighted by atomic mass is 10.3. The maximum Gasteiger partial charge on any atom is 0.332 e. The normalized spacial score (nSPS) is 10.3. The Morgan fingerprint density at radius 2 is 2.40 bits per heavy atom. The largest absolute Gasteiger partial charge is 0.464 e. The first-order valence-electron chi connectivity index (χ1n) is 4.86. The van der Waals surface area contributed by atoms with Crippen molar-refractivity contribution in [2.24, 2.45) is 0 Å². The first-order valence-corrected chi connectivity index (χ1v) is 5.74. The van der Waals surface area contributed by atoms with E-state index in [1.165, 1.54) is 4.88 Å². The number of ether oxygens (including phenoxy) is 2. The Morgan fingerprint density at radius 3 is 3.00 bits per heavy atom. The summed E-state index contributed by atoms with van der Waals surface area (Å²) in [7, 11) is 0. The minimum Gasteiger partial charge on any atom is -0.464 e. The van der Waals surface area contributed by atoms with Gasteiger partial charge in [0.05, 0.1) is 17.8 Å². The second-order valence-electron chi connectivity index (χ2n) is 2.97. The predicted octanol–water partition coefficient (Wildman–Crippen LogP) is 1.57. The number of thiazole rings is 1. The lowest BCUT2D eigenvalue weighted by Gasteiger charge is -2.03. The molecule has 0 saturated carbocycles. The SMILES string of the molecule is CCOCC(=O)OCCc1scnc1C. The summed E-state index contributed by atoms with van der Waals surface area (Å²) < 4.78 is 9.91. The van der Waals surface area contributed by atoms with Gasteiger partial charge in [0.15, 0.2) is 0 Å². The van der Waals surface area contributed by atoms with Gasteiger partial charge in [-0.25, -0.2) is 9.78 Å². The zero-order chi connectivity index (χ0) is 11.1. The van der Waals surface area contributed by atoms with Gasteiger partial charge in [-0.1, -0.05) is 0 Å². The van der Waals surface area contributed by atoms with Crippen LogP contribution in [0.15, 0.2) is 5.51 Å². The highest BCUT2D eigenvalue weighted by Crippen LogP contribution is 2.12. The molecule has 0 aliphatic rings. The van der Waals surface area contributed by atoms with E-state index in [1.807, 2.05) is 13.8 Å². The smallest absolute Gasteiger partial charge is 0.332 e. The van der Waals surface area contributed by atoms with E-state index in [1.54, 1.807) is 16.8 Å². The summed E-state index contributed by atoms with van der Waals surface area (Å²) in [5.41, 5.74) is 2.81. The quantitative estimate of drug-likeness (QED) is 0.695. The first kappa shape index (κ1) is 12.1. The Labute approximate surface area is 93.2 Å². The molecule has 0 aromatic carbocycles. The number of nitrogens with zero attached hydrogens (tertiary/aromatic N) is 1. The van der Waals surface area contributed by atoms with Gasteiger partial charge < -0.3 is 9.47 Å². The molecule has 0 unspecified atom stereocenters. The van der Waals surface area contributed by atoms with Crippen molar-refractivity contribution in [1.29, 1.82) is 0 Å². The molecule has 0 aliphatic carbocycles. The standard InChI is InChI=1S/C10H15NO3S/c1-3-13-6-10(12)14-5-4-9-8(2)11-7-15-9/h7H,3-6H2,1-2H3. The molecule has 0 bridgehead atoms. The number of esters is 1. The highest BCUT2D eigenvalue weighted by Gasteiger charge is 2.04. The molecule has 15 heavy (non-hydrogen) atoms. The number of carbonyl (C=O) groups is 1. The average Bonchev–Trinajstić information content (AvgIpc) is 2.61. The summed E-state index contributed by atoms with van der Waals surface area (Å²) in [4.78, 5) is 16.3. The number of aryl methyl sites for hydroxylation is 1. The minimum atomic E-state index is -0.306. The molecule has 4 nitrogen and oxygen atoms in total. The molecular weight excluding hydrogens is 214 g/mol. The van der Waals surface area contributed by atoms with Crippen LogP contribution in [0, 0.1) is 6.92 Å². The van der Waals surface area contributed by atoms with Crippen molar-refractivity contribution in [3.63, 3.8) is 0 Å². The molecule has 1 aromatic rings. The molecule has 0 spiro atoms. The van der Waals surface area contributed by atoms with Gasteiger partial charge in [-0.2, -0.15) is 0 Å². The van der Waals surface area contributed by atoms with E-state index >= 15 is 0 Å². The molecule has 0 aliphatic heterocycles. The van der Waals surface area contributed by atoms with Crippen molar-refractivity contribution in [2.45, 2.75) is 20.3 Å². The van der Waals surface area contributed by atoms with Crippen LogP contribution in [-0.4, -0.2) is 30.8 Å². The highest BCUT2D eigenvalue weighted by molar-refractivity contribution is 7.09. The Bertz CT molecular complexity index is 311. The van der Waals surface area contributed by atoms with Crippen LogP contribution in [0.3, 0.4) is 0 Å². The van der Waals surface area contributed by atoms with Gasteiger partial charge >= 0.3 is 5.97 Å². The monoisotopic (exact) mass is 229 g/mol. The van der Waals surface area contributed by atoms with E-state index < -0.39 is 0 Å². The maximum atomic E-state index is 11.1.